The Morgan fingerprint density at radius 1 is 1.12 bits per heavy atom. The Kier molecular flexibility index (Phi) is 4.66. The minimum absolute atomic E-state index is 0.771. The number of nitrogens with zero attached hydrogens (tertiary/aromatic N) is 1. The Morgan fingerprint density at radius 2 is 1.88 bits per heavy atom. The van der Waals surface area contributed by atoms with Crippen LogP contribution in [0.4, 0.5) is 0 Å². The molecule has 2 heteroatoms. The Bertz CT molecular complexity index is 197. The molecule has 0 bridgehead atoms. The van der Waals surface area contributed by atoms with E-state index in [2.05, 4.69) is 24.1 Å². The van der Waals surface area contributed by atoms with E-state index < -0.39 is 0 Å². The van der Waals surface area contributed by atoms with Gasteiger partial charge in [0.2, 0.25) is 0 Å². The zero-order valence-electron chi connectivity index (χ0n) is 11.0. The van der Waals surface area contributed by atoms with Crippen molar-refractivity contribution < 1.29 is 0 Å². The van der Waals surface area contributed by atoms with Gasteiger partial charge in [0.25, 0.3) is 0 Å². The first kappa shape index (κ1) is 12.4. The normalized spacial score (nSPS) is 36.8. The van der Waals surface area contributed by atoms with Gasteiger partial charge in [0.1, 0.15) is 0 Å². The number of likely N-dealkylation sites (N-methyl/N-ethyl adjacent to an activating group) is 1. The first-order valence-corrected chi connectivity index (χ1v) is 7.23. The van der Waals surface area contributed by atoms with E-state index in [4.69, 9.17) is 0 Å². The number of rotatable bonds is 4. The van der Waals surface area contributed by atoms with E-state index in [0.29, 0.717) is 0 Å². The van der Waals surface area contributed by atoms with Crippen molar-refractivity contribution in [2.45, 2.75) is 52.0 Å². The van der Waals surface area contributed by atoms with E-state index in [0.717, 1.165) is 24.4 Å². The summed E-state index contributed by atoms with van der Waals surface area (Å²) in [5.74, 6) is 1.99. The highest BCUT2D eigenvalue weighted by atomic mass is 15.2. The lowest BCUT2D eigenvalue weighted by Gasteiger charge is -2.29. The van der Waals surface area contributed by atoms with E-state index in [-0.39, 0.29) is 0 Å². The van der Waals surface area contributed by atoms with Gasteiger partial charge in [-0.25, -0.2) is 0 Å². The molecule has 1 atom stereocenters. The predicted octanol–water partition coefficient (Wildman–Crippen LogP) is 2.50. The molecule has 2 nitrogen and oxygen atoms in total. The van der Waals surface area contributed by atoms with Crippen LogP contribution in [-0.2, 0) is 0 Å². The van der Waals surface area contributed by atoms with Crippen LogP contribution in [0.1, 0.15) is 46.0 Å². The van der Waals surface area contributed by atoms with Crippen LogP contribution in [0.2, 0.25) is 0 Å². The second-order valence-electron chi connectivity index (χ2n) is 5.93. The molecule has 0 aromatic carbocycles. The zero-order valence-corrected chi connectivity index (χ0v) is 11.0. The summed E-state index contributed by atoms with van der Waals surface area (Å²) >= 11 is 0. The molecule has 1 saturated heterocycles. The highest BCUT2D eigenvalue weighted by molar-refractivity contribution is 4.83. The van der Waals surface area contributed by atoms with Crippen molar-refractivity contribution in [3.63, 3.8) is 0 Å². The van der Waals surface area contributed by atoms with Crippen molar-refractivity contribution in [1.29, 1.82) is 0 Å². The Morgan fingerprint density at radius 3 is 2.56 bits per heavy atom. The third kappa shape index (κ3) is 3.46. The average Bonchev–Trinajstić information content (AvgIpc) is 2.70. The number of hydrogen-bond acceptors (Lipinski definition) is 2. The van der Waals surface area contributed by atoms with Crippen molar-refractivity contribution in [1.82, 2.24) is 10.2 Å². The second kappa shape index (κ2) is 6.02. The smallest absolute Gasteiger partial charge is 0.0207 e. The summed E-state index contributed by atoms with van der Waals surface area (Å²) in [7, 11) is 0. The van der Waals surface area contributed by atoms with Crippen LogP contribution in [0.25, 0.3) is 0 Å². The lowest BCUT2D eigenvalue weighted by atomic mass is 9.83. The molecular formula is C14H28N2. The Balaban J connectivity index is 1.67. The third-order valence-corrected chi connectivity index (χ3v) is 4.42. The highest BCUT2D eigenvalue weighted by Gasteiger charge is 2.25. The lowest BCUT2D eigenvalue weighted by molar-refractivity contribution is 0.207. The highest BCUT2D eigenvalue weighted by Crippen LogP contribution is 2.29. The van der Waals surface area contributed by atoms with Crippen LogP contribution in [0.5, 0.6) is 0 Å². The Labute approximate surface area is 101 Å². The van der Waals surface area contributed by atoms with Gasteiger partial charge >= 0.3 is 0 Å². The van der Waals surface area contributed by atoms with Gasteiger partial charge in [-0.05, 0) is 44.2 Å². The number of hydrogen-bond donors (Lipinski definition) is 1. The summed E-state index contributed by atoms with van der Waals surface area (Å²) in [5.41, 5.74) is 0. The third-order valence-electron chi connectivity index (χ3n) is 4.42. The van der Waals surface area contributed by atoms with Gasteiger partial charge in [-0.1, -0.05) is 26.7 Å². The van der Waals surface area contributed by atoms with E-state index >= 15 is 0 Å². The maximum Gasteiger partial charge on any atom is 0.0207 e. The molecule has 1 heterocycles. The van der Waals surface area contributed by atoms with E-state index in [1.807, 2.05) is 0 Å². The molecule has 0 spiro atoms. The molecule has 1 saturated carbocycles. The van der Waals surface area contributed by atoms with E-state index in [1.54, 1.807) is 0 Å². The first-order valence-electron chi connectivity index (χ1n) is 7.23. The van der Waals surface area contributed by atoms with Crippen LogP contribution < -0.4 is 5.32 Å². The summed E-state index contributed by atoms with van der Waals surface area (Å²) in [5, 5.41) is 3.58. The second-order valence-corrected chi connectivity index (χ2v) is 5.93. The van der Waals surface area contributed by atoms with Crippen LogP contribution >= 0.6 is 0 Å². The minimum Gasteiger partial charge on any atom is -0.313 e. The molecule has 2 rings (SSSR count). The molecule has 1 N–H and O–H groups in total. The van der Waals surface area contributed by atoms with Gasteiger partial charge in [-0.3, -0.25) is 0 Å². The summed E-state index contributed by atoms with van der Waals surface area (Å²) in [6, 6.07) is 0.771. The largest absolute Gasteiger partial charge is 0.313 e. The van der Waals surface area contributed by atoms with Crippen LogP contribution in [-0.4, -0.2) is 37.1 Å². The maximum atomic E-state index is 3.58. The molecule has 0 aromatic rings. The fourth-order valence-corrected chi connectivity index (χ4v) is 3.33. The number of likely N-dealkylation sites (tertiary alicyclic amines) is 1. The van der Waals surface area contributed by atoms with Gasteiger partial charge in [0, 0.05) is 19.1 Å². The van der Waals surface area contributed by atoms with Gasteiger partial charge in [0.15, 0.2) is 0 Å². The summed E-state index contributed by atoms with van der Waals surface area (Å²) < 4.78 is 0. The number of nitrogens with one attached hydrogen (secondary N) is 1. The average molecular weight is 224 g/mol. The zero-order chi connectivity index (χ0) is 11.4. The van der Waals surface area contributed by atoms with Crippen molar-refractivity contribution >= 4 is 0 Å². The topological polar surface area (TPSA) is 15.3 Å². The van der Waals surface area contributed by atoms with Gasteiger partial charge in [-0.15, -0.1) is 0 Å². The summed E-state index contributed by atoms with van der Waals surface area (Å²) in [6.07, 6.45) is 7.24. The van der Waals surface area contributed by atoms with Crippen LogP contribution in [0.15, 0.2) is 0 Å². The monoisotopic (exact) mass is 224 g/mol. The predicted molar refractivity (Wildman–Crippen MR) is 69.6 cm³/mol. The molecule has 2 fully saturated rings. The fourth-order valence-electron chi connectivity index (χ4n) is 3.33. The van der Waals surface area contributed by atoms with Gasteiger partial charge in [0.05, 0.1) is 0 Å². The lowest BCUT2D eigenvalue weighted by Crippen LogP contribution is -2.34. The molecule has 1 aliphatic carbocycles. The molecule has 1 aliphatic heterocycles. The van der Waals surface area contributed by atoms with E-state index in [9.17, 15) is 0 Å². The molecule has 1 unspecified atom stereocenters. The van der Waals surface area contributed by atoms with Crippen molar-refractivity contribution in [2.75, 3.05) is 26.2 Å². The molecular weight excluding hydrogens is 196 g/mol. The standard InChI is InChI=1S/C14H28N2/c1-3-15-14-8-9-16(11-14)10-13-6-4-12(2)5-7-13/h12-15H,3-11H2,1-2H3. The molecule has 0 amide bonds. The Hall–Kier alpha value is -0.0800. The fraction of sp³-hybridized carbons (Fsp3) is 1.00. The molecule has 94 valence electrons. The molecule has 16 heavy (non-hydrogen) atoms. The van der Waals surface area contributed by atoms with Gasteiger partial charge in [-0.2, -0.15) is 0 Å². The first-order chi connectivity index (χ1) is 7.78. The van der Waals surface area contributed by atoms with Gasteiger partial charge < -0.3 is 10.2 Å². The quantitative estimate of drug-likeness (QED) is 0.789. The molecule has 0 aromatic heterocycles. The van der Waals surface area contributed by atoms with Crippen molar-refractivity contribution in [3.8, 4) is 0 Å². The molecule has 2 aliphatic rings. The molecule has 0 radical (unpaired) electrons. The summed E-state index contributed by atoms with van der Waals surface area (Å²) in [4.78, 5) is 2.69. The maximum absolute atomic E-state index is 3.58. The van der Waals surface area contributed by atoms with Crippen LogP contribution in [0.3, 0.4) is 0 Å². The van der Waals surface area contributed by atoms with E-state index in [1.165, 1.54) is 51.7 Å². The van der Waals surface area contributed by atoms with Crippen molar-refractivity contribution in [3.05, 3.63) is 0 Å². The van der Waals surface area contributed by atoms with Crippen molar-refractivity contribution in [2.24, 2.45) is 11.8 Å². The SMILES string of the molecule is CCNC1CCN(CC2CCC(C)CC2)C1. The summed E-state index contributed by atoms with van der Waals surface area (Å²) in [6.45, 7) is 9.73. The van der Waals surface area contributed by atoms with Crippen LogP contribution in [0, 0.1) is 11.8 Å². The minimum atomic E-state index is 0.771.